The highest BCUT2D eigenvalue weighted by Gasteiger charge is 2.33. The molecular weight excluding hydrogens is 1070 g/mol. The molecule has 0 spiro atoms. The topological polar surface area (TPSA) is 378 Å². The lowest BCUT2D eigenvalue weighted by Crippen LogP contribution is -2.58. The summed E-state index contributed by atoms with van der Waals surface area (Å²) in [5.74, 6) is -5.58. The van der Waals surface area contributed by atoms with Gasteiger partial charge in [0.25, 0.3) is 5.91 Å². The zero-order chi connectivity index (χ0) is 61.1. The van der Waals surface area contributed by atoms with Crippen molar-refractivity contribution in [3.63, 3.8) is 0 Å². The van der Waals surface area contributed by atoms with E-state index in [1.54, 1.807) is 6.92 Å². The Labute approximate surface area is 492 Å². The summed E-state index contributed by atoms with van der Waals surface area (Å²) in [6.45, 7) is 15.5. The van der Waals surface area contributed by atoms with Crippen molar-refractivity contribution in [1.29, 1.82) is 0 Å². The number of nitrogens with zero attached hydrogens (tertiary/aromatic N) is 2. The minimum atomic E-state index is -1.21. The molecule has 0 aliphatic heterocycles. The number of aromatic nitrogens is 1. The minimum Gasteiger partial charge on any atom is -0.463 e. The molecule has 82 heavy (non-hydrogen) atoms. The van der Waals surface area contributed by atoms with E-state index < -0.39 is 84.0 Å². The molecule has 0 fully saturated rings. The van der Waals surface area contributed by atoms with Crippen molar-refractivity contribution in [2.24, 2.45) is 39.9 Å². The smallest absolute Gasteiger partial charge is 0.305 e. The fourth-order valence-corrected chi connectivity index (χ4v) is 9.25. The Balaban J connectivity index is 2.63. The molecule has 15 N–H and O–H groups in total. The number of anilines is 1. The van der Waals surface area contributed by atoms with Gasteiger partial charge in [0, 0.05) is 24.9 Å². The molecule has 0 aliphatic carbocycles. The number of rotatable bonds is 50. The predicted octanol–water partition coefficient (Wildman–Crippen LogP) is 3.98. The summed E-state index contributed by atoms with van der Waals surface area (Å²) in [6, 6.07) is -5.49. The van der Waals surface area contributed by atoms with E-state index in [1.807, 2.05) is 34.6 Å². The number of hydrogen-bond donors (Lipinski definition) is 11. The average Bonchev–Trinajstić information content (AvgIpc) is 3.90. The molecule has 0 radical (unpaired) electrons. The molecule has 470 valence electrons. The van der Waals surface area contributed by atoms with Gasteiger partial charge in [0.2, 0.25) is 35.4 Å². The molecular formula is C57H105N13O11S. The first kappa shape index (κ1) is 74.4. The molecule has 7 amide bonds. The highest BCUT2D eigenvalue weighted by atomic mass is 32.1. The van der Waals surface area contributed by atoms with Gasteiger partial charge in [-0.3, -0.25) is 43.3 Å². The molecule has 1 heterocycles. The number of amides is 7. The van der Waals surface area contributed by atoms with Gasteiger partial charge >= 0.3 is 5.97 Å². The van der Waals surface area contributed by atoms with Crippen LogP contribution in [0.4, 0.5) is 5.13 Å². The third-order valence-electron chi connectivity index (χ3n) is 13.5. The number of nitrogen functional groups attached to an aromatic ring is 1. The molecule has 24 nitrogen and oxygen atoms in total. The van der Waals surface area contributed by atoms with Crippen molar-refractivity contribution in [3.8, 4) is 0 Å². The Hall–Kier alpha value is -5.66. The third-order valence-corrected chi connectivity index (χ3v) is 14.2. The van der Waals surface area contributed by atoms with E-state index in [4.69, 9.17) is 37.1 Å². The van der Waals surface area contributed by atoms with E-state index >= 15 is 0 Å². The highest BCUT2D eigenvalue weighted by molar-refractivity contribution is 7.13. The number of carbonyl (C=O) groups excluding carboxylic acids is 8. The van der Waals surface area contributed by atoms with Gasteiger partial charge < -0.3 is 74.4 Å². The zero-order valence-electron chi connectivity index (χ0n) is 50.5. The van der Waals surface area contributed by atoms with Gasteiger partial charge in [-0.2, -0.15) is 0 Å². The minimum absolute atomic E-state index is 0.0150. The van der Waals surface area contributed by atoms with Crippen molar-refractivity contribution in [3.05, 3.63) is 11.1 Å². The molecule has 1 rings (SSSR count). The number of esters is 1. The fraction of sp³-hybridized carbons (Fsp3) is 0.789. The Morgan fingerprint density at radius 2 is 1.13 bits per heavy atom. The van der Waals surface area contributed by atoms with Crippen LogP contribution in [-0.4, -0.2) is 148 Å². The summed E-state index contributed by atoms with van der Waals surface area (Å²) >= 11 is 1.08. The summed E-state index contributed by atoms with van der Waals surface area (Å²) in [5.41, 5.74) is 22.5. The van der Waals surface area contributed by atoms with Crippen LogP contribution in [0.5, 0.6) is 0 Å². The van der Waals surface area contributed by atoms with E-state index in [-0.39, 0.29) is 79.8 Å². The standard InChI is InChI=1S/C57H105N13O11S/c1-8-10-11-12-13-14-15-16-17-18-19-20-21-26-48(72)81-34-33-80-32-31-79-30-29-62-27-22-24-42(50(58)73)66-52(75)44(35-39(3)4)67-51(74)43(25-23-28-63-56(59)60)65-47(71)37-64-55(78)49(41(7)9-2)70-53(76)45(36-40(5)6)68-54(77)46-38-82-57(61)69-46/h38-45,49,62H,8-37H2,1-7H3,(H2,58,73)(H2,61,69)(H,64,78)(H,65,71)(H,66,75)(H,67,74)(H,68,77)(H,70,76)(H4,59,60,63)/t41-,42-,43-,44-,45-,49-/m0/s1. The lowest BCUT2D eigenvalue weighted by Gasteiger charge is -2.27. The first-order valence-electron chi connectivity index (χ1n) is 30.0. The van der Waals surface area contributed by atoms with Gasteiger partial charge in [0.05, 0.1) is 33.0 Å². The van der Waals surface area contributed by atoms with Crippen LogP contribution in [0.1, 0.15) is 194 Å². The number of guanidine groups is 1. The Morgan fingerprint density at radius 1 is 0.598 bits per heavy atom. The Kier molecular flexibility index (Phi) is 41.5. The highest BCUT2D eigenvalue weighted by Crippen LogP contribution is 2.16. The van der Waals surface area contributed by atoms with Gasteiger partial charge in [-0.15, -0.1) is 11.3 Å². The first-order valence-corrected chi connectivity index (χ1v) is 30.9. The molecule has 0 aliphatic rings. The molecule has 25 heteroatoms. The van der Waals surface area contributed by atoms with Crippen LogP contribution in [0, 0.1) is 17.8 Å². The van der Waals surface area contributed by atoms with Crippen LogP contribution >= 0.6 is 11.3 Å². The number of thiazole rings is 1. The molecule has 6 atom stereocenters. The van der Waals surface area contributed by atoms with E-state index in [1.165, 1.54) is 69.6 Å². The lowest BCUT2D eigenvalue weighted by molar-refractivity contribution is -0.145. The molecule has 0 bridgehead atoms. The molecule has 0 saturated heterocycles. The van der Waals surface area contributed by atoms with Gasteiger partial charge in [-0.1, -0.05) is 132 Å². The molecule has 0 aromatic carbocycles. The number of unbranched alkanes of at least 4 members (excludes halogenated alkanes) is 12. The monoisotopic (exact) mass is 1180 g/mol. The van der Waals surface area contributed by atoms with Crippen LogP contribution in [0.25, 0.3) is 0 Å². The Morgan fingerprint density at radius 3 is 1.70 bits per heavy atom. The van der Waals surface area contributed by atoms with Crippen LogP contribution in [0.2, 0.25) is 0 Å². The summed E-state index contributed by atoms with van der Waals surface area (Å²) in [7, 11) is 0. The number of hydrogen-bond acceptors (Lipinski definition) is 16. The third kappa shape index (κ3) is 36.7. The maximum absolute atomic E-state index is 13.9. The summed E-state index contributed by atoms with van der Waals surface area (Å²) in [5, 5.41) is 20.9. The largest absolute Gasteiger partial charge is 0.463 e. The summed E-state index contributed by atoms with van der Waals surface area (Å²) in [6.07, 6.45) is 18.6. The number of aliphatic imine (C=N–C) groups is 1. The number of nitrogens with one attached hydrogen (secondary N) is 7. The summed E-state index contributed by atoms with van der Waals surface area (Å²) in [4.78, 5) is 114. The van der Waals surface area contributed by atoms with Crippen LogP contribution in [0.3, 0.4) is 0 Å². The first-order chi connectivity index (χ1) is 39.2. The number of primary amides is 1. The van der Waals surface area contributed by atoms with Crippen molar-refractivity contribution in [2.75, 3.05) is 64.9 Å². The second kappa shape index (κ2) is 45.8. The maximum atomic E-state index is 13.9. The van der Waals surface area contributed by atoms with Crippen molar-refractivity contribution < 1.29 is 52.6 Å². The van der Waals surface area contributed by atoms with Crippen molar-refractivity contribution >= 4 is 69.7 Å². The van der Waals surface area contributed by atoms with E-state index in [9.17, 15) is 38.4 Å². The van der Waals surface area contributed by atoms with Gasteiger partial charge in [-0.25, -0.2) is 4.98 Å². The molecule has 0 unspecified atom stereocenters. The molecule has 0 saturated carbocycles. The van der Waals surface area contributed by atoms with Gasteiger partial charge in [-0.05, 0) is 69.2 Å². The van der Waals surface area contributed by atoms with Crippen LogP contribution < -0.4 is 60.2 Å². The van der Waals surface area contributed by atoms with E-state index in [0.29, 0.717) is 58.8 Å². The van der Waals surface area contributed by atoms with Gasteiger partial charge in [0.1, 0.15) is 42.5 Å². The van der Waals surface area contributed by atoms with Crippen molar-refractivity contribution in [2.45, 2.75) is 214 Å². The normalized spacial score (nSPS) is 13.5. The lowest BCUT2D eigenvalue weighted by atomic mass is 9.96. The van der Waals surface area contributed by atoms with E-state index in [2.05, 4.69) is 54.1 Å². The van der Waals surface area contributed by atoms with Crippen molar-refractivity contribution in [1.82, 2.24) is 42.2 Å². The van der Waals surface area contributed by atoms with Gasteiger partial charge in [0.15, 0.2) is 11.1 Å². The molecule has 1 aromatic heterocycles. The number of carbonyl (C=O) groups is 8. The zero-order valence-corrected chi connectivity index (χ0v) is 51.3. The Bertz CT molecular complexity index is 2020. The fourth-order valence-electron chi connectivity index (χ4n) is 8.71. The number of nitrogens with two attached hydrogens (primary N) is 4. The molecule has 1 aromatic rings. The maximum Gasteiger partial charge on any atom is 0.305 e. The SMILES string of the molecule is CCCCCCCCCCCCCCCC(=O)OCCOCCOCCNCCC[C@H](NC(=O)[C@H](CC(C)C)NC(=O)[C@H](CCCN=C(N)N)NC(=O)CNC(=O)[C@@H](NC(=O)[C@H](CC(C)C)NC(=O)c1csc(N)n1)[C@@H](C)CC)C(N)=O. The van der Waals surface area contributed by atoms with Crippen LogP contribution in [-0.2, 0) is 47.8 Å². The van der Waals surface area contributed by atoms with E-state index in [0.717, 1.165) is 30.6 Å². The predicted molar refractivity (Wildman–Crippen MR) is 321 cm³/mol. The second-order valence-corrected chi connectivity index (χ2v) is 22.8. The number of ether oxygens (including phenoxy) is 3. The quantitative estimate of drug-likeness (QED) is 0.0190. The van der Waals surface area contributed by atoms with Crippen LogP contribution in [0.15, 0.2) is 10.4 Å². The second-order valence-electron chi connectivity index (χ2n) is 21.9. The summed E-state index contributed by atoms with van der Waals surface area (Å²) < 4.78 is 16.4. The average molecular weight is 1180 g/mol.